The zero-order valence-electron chi connectivity index (χ0n) is 12.6. The highest BCUT2D eigenvalue weighted by Crippen LogP contribution is 2.24. The quantitative estimate of drug-likeness (QED) is 0.406. The van der Waals surface area contributed by atoms with E-state index >= 15 is 0 Å². The molecule has 0 aromatic heterocycles. The van der Waals surface area contributed by atoms with Gasteiger partial charge < -0.3 is 19.3 Å². The summed E-state index contributed by atoms with van der Waals surface area (Å²) in [6.07, 6.45) is 3.90. The molecule has 0 spiro atoms. The Hall–Kier alpha value is -1.40. The molecule has 9 heteroatoms. The molecule has 0 radical (unpaired) electrons. The van der Waals surface area contributed by atoms with Gasteiger partial charge in [0.1, 0.15) is 6.61 Å². The SMILES string of the molecule is C[PH](=O)OCC(=O)CNC(=O)OCOC(=O)C1CCCCC1. The first-order chi connectivity index (χ1) is 10.5. The molecule has 1 aliphatic rings. The fraction of sp³-hybridized carbons (Fsp3) is 0.769. The molecule has 1 amide bonds. The van der Waals surface area contributed by atoms with E-state index in [-0.39, 0.29) is 25.0 Å². The Bertz CT molecular complexity index is 421. The number of hydrogen-bond donors (Lipinski definition) is 1. The number of ether oxygens (including phenoxy) is 2. The molecule has 0 heterocycles. The third-order valence-corrected chi connectivity index (χ3v) is 3.75. The molecule has 1 unspecified atom stereocenters. The van der Waals surface area contributed by atoms with Crippen molar-refractivity contribution in [2.75, 3.05) is 26.6 Å². The fourth-order valence-corrected chi connectivity index (χ4v) is 2.42. The second-order valence-electron chi connectivity index (χ2n) is 5.02. The standard InChI is InChI=1S/C13H22NO7P/c1-22(18)21-8-11(15)7-14-13(17)20-9-19-12(16)10-5-3-2-4-6-10/h10,22H,2-9H2,1H3,(H,14,17). The zero-order chi connectivity index (χ0) is 16.4. The van der Waals surface area contributed by atoms with E-state index in [0.29, 0.717) is 0 Å². The summed E-state index contributed by atoms with van der Waals surface area (Å²) in [5, 5.41) is 2.19. The highest BCUT2D eigenvalue weighted by molar-refractivity contribution is 7.38. The van der Waals surface area contributed by atoms with Crippen molar-refractivity contribution in [3.63, 3.8) is 0 Å². The van der Waals surface area contributed by atoms with E-state index in [2.05, 4.69) is 14.6 Å². The van der Waals surface area contributed by atoms with Crippen LogP contribution in [0.2, 0.25) is 0 Å². The lowest BCUT2D eigenvalue weighted by molar-refractivity contribution is -0.158. The monoisotopic (exact) mass is 335 g/mol. The highest BCUT2D eigenvalue weighted by Gasteiger charge is 2.22. The second-order valence-corrected chi connectivity index (χ2v) is 6.29. The van der Waals surface area contributed by atoms with Crippen LogP contribution in [0.1, 0.15) is 32.1 Å². The van der Waals surface area contributed by atoms with E-state index < -0.39 is 26.7 Å². The Morgan fingerprint density at radius 1 is 1.14 bits per heavy atom. The van der Waals surface area contributed by atoms with Crippen molar-refractivity contribution in [1.82, 2.24) is 5.32 Å². The first-order valence-corrected chi connectivity index (χ1v) is 9.03. The number of hydrogen-bond acceptors (Lipinski definition) is 7. The summed E-state index contributed by atoms with van der Waals surface area (Å²) in [5.41, 5.74) is 0. The Labute approximate surface area is 129 Å². The molecule has 1 N–H and O–H groups in total. The van der Waals surface area contributed by atoms with Crippen LogP contribution >= 0.6 is 8.03 Å². The number of nitrogens with one attached hydrogen (secondary N) is 1. The van der Waals surface area contributed by atoms with Crippen LogP contribution < -0.4 is 5.32 Å². The van der Waals surface area contributed by atoms with Gasteiger partial charge in [0.15, 0.2) is 13.8 Å². The van der Waals surface area contributed by atoms with E-state index in [1.165, 1.54) is 6.66 Å². The van der Waals surface area contributed by atoms with E-state index in [4.69, 9.17) is 4.74 Å². The zero-order valence-corrected chi connectivity index (χ0v) is 13.6. The topological polar surface area (TPSA) is 108 Å². The molecule has 1 fully saturated rings. The van der Waals surface area contributed by atoms with E-state index in [0.717, 1.165) is 32.1 Å². The molecule has 22 heavy (non-hydrogen) atoms. The Morgan fingerprint density at radius 3 is 2.45 bits per heavy atom. The van der Waals surface area contributed by atoms with Gasteiger partial charge in [-0.25, -0.2) is 4.79 Å². The minimum absolute atomic E-state index is 0.115. The molecule has 126 valence electrons. The summed E-state index contributed by atoms with van der Waals surface area (Å²) in [5.74, 6) is -0.905. The average molecular weight is 335 g/mol. The molecule has 1 rings (SSSR count). The van der Waals surface area contributed by atoms with Crippen LogP contribution in [0.25, 0.3) is 0 Å². The van der Waals surface area contributed by atoms with E-state index in [1.807, 2.05) is 0 Å². The van der Waals surface area contributed by atoms with Gasteiger partial charge in [0.2, 0.25) is 6.79 Å². The largest absolute Gasteiger partial charge is 0.428 e. The molecular formula is C13H22NO7P. The van der Waals surface area contributed by atoms with Gasteiger partial charge in [0, 0.05) is 6.66 Å². The molecular weight excluding hydrogens is 313 g/mol. The summed E-state index contributed by atoms with van der Waals surface area (Å²) < 4.78 is 24.8. The summed E-state index contributed by atoms with van der Waals surface area (Å²) in [4.78, 5) is 34.2. The second kappa shape index (κ2) is 10.3. The van der Waals surface area contributed by atoms with Crippen LogP contribution in [-0.4, -0.2) is 44.5 Å². The smallest absolute Gasteiger partial charge is 0.410 e. The third kappa shape index (κ3) is 8.14. The lowest BCUT2D eigenvalue weighted by atomic mass is 9.89. The summed E-state index contributed by atoms with van der Waals surface area (Å²) in [6, 6.07) is 0. The number of rotatable bonds is 8. The Morgan fingerprint density at radius 2 is 1.82 bits per heavy atom. The minimum atomic E-state index is -2.17. The summed E-state index contributed by atoms with van der Waals surface area (Å²) in [7, 11) is -2.17. The molecule has 0 aliphatic heterocycles. The van der Waals surface area contributed by atoms with Gasteiger partial charge in [0.25, 0.3) is 0 Å². The molecule has 8 nitrogen and oxygen atoms in total. The first kappa shape index (κ1) is 18.6. The minimum Gasteiger partial charge on any atom is -0.428 e. The van der Waals surface area contributed by atoms with Crippen LogP contribution in [0.4, 0.5) is 4.79 Å². The van der Waals surface area contributed by atoms with E-state index in [1.54, 1.807) is 0 Å². The molecule has 0 aromatic rings. The maximum atomic E-state index is 11.7. The number of Topliss-reactive ketones (excluding diaryl/α,β-unsaturated/α-hetero) is 1. The molecule has 1 saturated carbocycles. The number of esters is 1. The number of ketones is 1. The number of amides is 1. The molecule has 0 aromatic carbocycles. The lowest BCUT2D eigenvalue weighted by Crippen LogP contribution is -2.32. The van der Waals surface area contributed by atoms with Gasteiger partial charge in [-0.05, 0) is 12.8 Å². The maximum Gasteiger partial charge on any atom is 0.410 e. The predicted molar refractivity (Wildman–Crippen MR) is 77.9 cm³/mol. The Balaban J connectivity index is 2.08. The van der Waals surface area contributed by atoms with Gasteiger partial charge >= 0.3 is 12.1 Å². The van der Waals surface area contributed by atoms with Crippen molar-refractivity contribution in [2.24, 2.45) is 5.92 Å². The number of carbonyl (C=O) groups is 3. The normalized spacial score (nSPS) is 16.6. The summed E-state index contributed by atoms with van der Waals surface area (Å²) >= 11 is 0. The predicted octanol–water partition coefficient (Wildman–Crippen LogP) is 1.48. The summed E-state index contributed by atoms with van der Waals surface area (Å²) in [6.45, 7) is 0.255. The van der Waals surface area contributed by atoms with E-state index in [9.17, 15) is 18.9 Å². The average Bonchev–Trinajstić information content (AvgIpc) is 2.51. The van der Waals surface area contributed by atoms with Gasteiger partial charge in [-0.15, -0.1) is 0 Å². The maximum absolute atomic E-state index is 11.7. The first-order valence-electron chi connectivity index (χ1n) is 7.21. The van der Waals surface area contributed by atoms with Gasteiger partial charge in [-0.1, -0.05) is 19.3 Å². The van der Waals surface area contributed by atoms with Crippen molar-refractivity contribution in [1.29, 1.82) is 0 Å². The van der Waals surface area contributed by atoms with Crippen molar-refractivity contribution in [3.8, 4) is 0 Å². The Kier molecular flexibility index (Phi) is 8.77. The van der Waals surface area contributed by atoms with Crippen LogP contribution in [-0.2, 0) is 28.2 Å². The molecule has 0 bridgehead atoms. The molecule has 1 aliphatic carbocycles. The van der Waals surface area contributed by atoms with Crippen LogP contribution in [0.5, 0.6) is 0 Å². The lowest BCUT2D eigenvalue weighted by Gasteiger charge is -2.19. The molecule has 0 saturated heterocycles. The van der Waals surface area contributed by atoms with Gasteiger partial charge in [-0.2, -0.15) is 0 Å². The van der Waals surface area contributed by atoms with Gasteiger partial charge in [0.05, 0.1) is 12.5 Å². The van der Waals surface area contributed by atoms with Crippen molar-refractivity contribution < 1.29 is 32.9 Å². The van der Waals surface area contributed by atoms with Gasteiger partial charge in [-0.3, -0.25) is 14.2 Å². The fourth-order valence-electron chi connectivity index (χ4n) is 2.05. The van der Waals surface area contributed by atoms with Crippen molar-refractivity contribution >= 4 is 25.9 Å². The third-order valence-electron chi connectivity index (χ3n) is 3.20. The van der Waals surface area contributed by atoms with Crippen LogP contribution in [0, 0.1) is 5.92 Å². The van der Waals surface area contributed by atoms with Crippen LogP contribution in [0.15, 0.2) is 0 Å². The van der Waals surface area contributed by atoms with Crippen LogP contribution in [0.3, 0.4) is 0 Å². The van der Waals surface area contributed by atoms with Crippen molar-refractivity contribution in [3.05, 3.63) is 0 Å². The molecule has 1 atom stereocenters. The van der Waals surface area contributed by atoms with Crippen molar-refractivity contribution in [2.45, 2.75) is 32.1 Å². The number of carbonyl (C=O) groups excluding carboxylic acids is 3. The highest BCUT2D eigenvalue weighted by atomic mass is 31.1. The number of alkyl carbamates (subject to hydrolysis) is 1.